The molecule has 1 aliphatic carbocycles. The van der Waals surface area contributed by atoms with E-state index in [2.05, 4.69) is 47.7 Å². The van der Waals surface area contributed by atoms with E-state index < -0.39 is 16.2 Å². The molecular weight excluding hydrogens is 448 g/mol. The lowest BCUT2D eigenvalue weighted by atomic mass is 9.86. The highest BCUT2D eigenvalue weighted by Crippen LogP contribution is 2.37. The van der Waals surface area contributed by atoms with Crippen molar-refractivity contribution in [2.75, 3.05) is 23.7 Å². The molecule has 9 nitrogen and oxygen atoms in total. The van der Waals surface area contributed by atoms with Crippen LogP contribution in [0, 0.1) is 0 Å². The summed E-state index contributed by atoms with van der Waals surface area (Å²) in [6.07, 6.45) is 4.52. The molecule has 182 valence electrons. The van der Waals surface area contributed by atoms with E-state index in [0.29, 0.717) is 36.2 Å². The Hall–Kier alpha value is -2.11. The predicted molar refractivity (Wildman–Crippen MR) is 134 cm³/mol. The van der Waals surface area contributed by atoms with E-state index in [1.165, 1.54) is 10.5 Å². The van der Waals surface area contributed by atoms with E-state index in [4.69, 9.17) is 0 Å². The predicted octanol–water partition coefficient (Wildman–Crippen LogP) is 4.19. The van der Waals surface area contributed by atoms with Gasteiger partial charge in [-0.2, -0.15) is 13.5 Å². The molecule has 2 aromatic heterocycles. The van der Waals surface area contributed by atoms with E-state index in [9.17, 15) is 13.2 Å². The van der Waals surface area contributed by atoms with Crippen LogP contribution in [0.5, 0.6) is 0 Å². The molecule has 0 unspecified atom stereocenters. The molecule has 0 aromatic carbocycles. The Morgan fingerprint density at radius 2 is 1.88 bits per heavy atom. The number of carbonyl (C=O) groups excluding carboxylic acids is 1. The molecule has 0 saturated heterocycles. The monoisotopic (exact) mass is 486 g/mol. The maximum Gasteiger partial charge on any atom is 0.334 e. The van der Waals surface area contributed by atoms with E-state index in [-0.39, 0.29) is 14.8 Å². The molecule has 1 fully saturated rings. The van der Waals surface area contributed by atoms with Gasteiger partial charge in [0.2, 0.25) is 0 Å². The van der Waals surface area contributed by atoms with Gasteiger partial charge < -0.3 is 10.2 Å². The number of nitrogens with one attached hydrogen (secondary N) is 2. The van der Waals surface area contributed by atoms with E-state index in [0.717, 1.165) is 9.75 Å². The van der Waals surface area contributed by atoms with Crippen LogP contribution in [-0.2, 0) is 17.3 Å². The van der Waals surface area contributed by atoms with Gasteiger partial charge in [-0.15, -0.1) is 11.3 Å². The van der Waals surface area contributed by atoms with Crippen LogP contribution in [0.25, 0.3) is 0 Å². The van der Waals surface area contributed by atoms with Gasteiger partial charge in [-0.3, -0.25) is 4.68 Å². The van der Waals surface area contributed by atoms with Crippen molar-refractivity contribution in [2.24, 2.45) is 7.05 Å². The fraction of sp³-hybridized carbons (Fsp3) is 0.619. The topological polar surface area (TPSA) is 99.6 Å². The molecule has 2 N–H and O–H groups in total. The minimum atomic E-state index is -4.13. The molecule has 1 saturated carbocycles. The standard InChI is InChI=1S/C21H34N6O3S2.2H2/c1-13(2)19-10-18(20(31-19)14(3)4)23-21(28)24-32(29,30)27(17-11-22-26(7)12-17)16-8-15(9-16)25(5)6;;/h10-16H,8-9H2,1-7H3,(H2,23,24,28);2*1H. The Morgan fingerprint density at radius 1 is 1.22 bits per heavy atom. The summed E-state index contributed by atoms with van der Waals surface area (Å²) in [5, 5.41) is 6.88. The average molecular weight is 487 g/mol. The smallest absolute Gasteiger partial charge is 0.306 e. The summed E-state index contributed by atoms with van der Waals surface area (Å²) in [5.74, 6) is 0.536. The first-order valence-corrected chi connectivity index (χ1v) is 13.1. The lowest BCUT2D eigenvalue weighted by molar-refractivity contribution is 0.170. The van der Waals surface area contributed by atoms with Crippen LogP contribution >= 0.6 is 11.3 Å². The summed E-state index contributed by atoms with van der Waals surface area (Å²) in [7, 11) is 1.56. The van der Waals surface area contributed by atoms with Crippen LogP contribution < -0.4 is 14.3 Å². The van der Waals surface area contributed by atoms with E-state index in [1.807, 2.05) is 20.2 Å². The maximum absolute atomic E-state index is 13.3. The Kier molecular flexibility index (Phi) is 7.21. The molecule has 2 aromatic rings. The van der Waals surface area contributed by atoms with Gasteiger partial charge in [0, 0.05) is 37.9 Å². The van der Waals surface area contributed by atoms with Crippen LogP contribution in [0.2, 0.25) is 0 Å². The summed E-state index contributed by atoms with van der Waals surface area (Å²) in [5.41, 5.74) is 1.10. The lowest BCUT2D eigenvalue weighted by Crippen LogP contribution is -2.57. The number of nitrogens with zero attached hydrogens (tertiary/aromatic N) is 4. The first-order chi connectivity index (χ1) is 14.9. The summed E-state index contributed by atoms with van der Waals surface area (Å²) in [6.45, 7) is 8.29. The van der Waals surface area contributed by atoms with Crippen molar-refractivity contribution in [1.29, 1.82) is 0 Å². The zero-order valence-corrected chi connectivity index (χ0v) is 21.4. The molecule has 1 aliphatic rings. The number of amides is 2. The van der Waals surface area contributed by atoms with Gasteiger partial charge in [-0.05, 0) is 44.8 Å². The number of rotatable bonds is 8. The van der Waals surface area contributed by atoms with Crippen LogP contribution in [0.1, 0.15) is 65.0 Å². The van der Waals surface area contributed by atoms with Gasteiger partial charge >= 0.3 is 16.2 Å². The van der Waals surface area contributed by atoms with Gasteiger partial charge in [0.1, 0.15) is 0 Å². The number of anilines is 2. The number of hydrogen-bond donors (Lipinski definition) is 2. The van der Waals surface area contributed by atoms with Crippen LogP contribution in [0.3, 0.4) is 0 Å². The van der Waals surface area contributed by atoms with Crippen LogP contribution in [0.15, 0.2) is 18.5 Å². The highest BCUT2D eigenvalue weighted by molar-refractivity contribution is 7.91. The minimum Gasteiger partial charge on any atom is -0.306 e. The van der Waals surface area contributed by atoms with Crippen molar-refractivity contribution in [2.45, 2.75) is 64.5 Å². The van der Waals surface area contributed by atoms with Gasteiger partial charge in [0.05, 0.1) is 17.6 Å². The minimum absolute atomic E-state index is 0. The number of aryl methyl sites for hydroxylation is 1. The number of thiophene rings is 1. The van der Waals surface area contributed by atoms with E-state index in [1.54, 1.807) is 29.3 Å². The second kappa shape index (κ2) is 9.40. The van der Waals surface area contributed by atoms with Gasteiger partial charge in [-0.25, -0.2) is 13.8 Å². The number of hydrogen-bond acceptors (Lipinski definition) is 6. The highest BCUT2D eigenvalue weighted by Gasteiger charge is 2.41. The Morgan fingerprint density at radius 3 is 2.38 bits per heavy atom. The zero-order valence-electron chi connectivity index (χ0n) is 19.8. The van der Waals surface area contributed by atoms with Crippen molar-refractivity contribution < 1.29 is 16.1 Å². The Balaban J connectivity index is 0.00000289. The zero-order chi connectivity index (χ0) is 23.8. The van der Waals surface area contributed by atoms with Crippen molar-refractivity contribution >= 4 is 39.0 Å². The second-order valence-electron chi connectivity index (χ2n) is 9.21. The second-order valence-corrected chi connectivity index (χ2v) is 11.9. The van der Waals surface area contributed by atoms with Crippen molar-refractivity contribution in [3.05, 3.63) is 28.2 Å². The number of carbonyl (C=O) groups is 1. The average Bonchev–Trinajstić information content (AvgIpc) is 3.22. The first-order valence-electron chi connectivity index (χ1n) is 10.8. The van der Waals surface area contributed by atoms with E-state index >= 15 is 0 Å². The summed E-state index contributed by atoms with van der Waals surface area (Å²) in [6, 6.07) is 1.23. The molecular formula is C21H38N6O3S2. The largest absolute Gasteiger partial charge is 0.334 e. The SMILES string of the molecule is CC(C)c1cc(NC(=O)NS(=O)(=O)N(c2cnn(C)c2)C2CC(N(C)C)C2)c(C(C)C)s1.[HH].[HH]. The third kappa shape index (κ3) is 5.26. The molecule has 0 aliphatic heterocycles. The Labute approximate surface area is 197 Å². The first kappa shape index (κ1) is 24.5. The molecule has 11 heteroatoms. The van der Waals surface area contributed by atoms with Crippen LogP contribution in [-0.4, -0.2) is 55.3 Å². The summed E-state index contributed by atoms with van der Waals surface area (Å²) < 4.78 is 31.6. The molecule has 0 bridgehead atoms. The highest BCUT2D eigenvalue weighted by atomic mass is 32.2. The number of aromatic nitrogens is 2. The Bertz CT molecular complexity index is 1060. The molecule has 2 heterocycles. The molecule has 0 atom stereocenters. The fourth-order valence-corrected chi connectivity index (χ4v) is 6.23. The molecule has 0 radical (unpaired) electrons. The van der Waals surface area contributed by atoms with Gasteiger partial charge in [0.25, 0.3) is 0 Å². The van der Waals surface area contributed by atoms with Crippen molar-refractivity contribution in [1.82, 2.24) is 19.4 Å². The molecule has 32 heavy (non-hydrogen) atoms. The van der Waals surface area contributed by atoms with Crippen LogP contribution in [0.4, 0.5) is 16.2 Å². The number of urea groups is 1. The lowest BCUT2D eigenvalue weighted by Gasteiger charge is -2.44. The normalized spacial score (nSPS) is 18.8. The van der Waals surface area contributed by atoms with Gasteiger partial charge in [-0.1, -0.05) is 27.7 Å². The third-order valence-corrected chi connectivity index (χ3v) is 8.90. The van der Waals surface area contributed by atoms with Crippen molar-refractivity contribution in [3.8, 4) is 0 Å². The van der Waals surface area contributed by atoms with Crippen molar-refractivity contribution in [3.63, 3.8) is 0 Å². The molecule has 3 rings (SSSR count). The fourth-order valence-electron chi connectivity index (χ4n) is 3.79. The maximum atomic E-state index is 13.3. The summed E-state index contributed by atoms with van der Waals surface area (Å²) >= 11 is 1.64. The summed E-state index contributed by atoms with van der Waals surface area (Å²) in [4.78, 5) is 17.0. The quantitative estimate of drug-likeness (QED) is 0.583. The molecule has 2 amide bonds. The third-order valence-electron chi connectivity index (χ3n) is 5.70. The van der Waals surface area contributed by atoms with Gasteiger partial charge in [0.15, 0.2) is 0 Å². The molecule has 0 spiro atoms.